The number of nitrogens with zero attached hydrogens (tertiary/aromatic N) is 1. The highest BCUT2D eigenvalue weighted by Gasteiger charge is 2.09. The minimum Gasteiger partial charge on any atom is -0.312 e. The van der Waals surface area contributed by atoms with Crippen molar-refractivity contribution in [3.05, 3.63) is 57.9 Å². The van der Waals surface area contributed by atoms with Crippen molar-refractivity contribution in [3.8, 4) is 11.3 Å². The zero-order valence-electron chi connectivity index (χ0n) is 13.9. The zero-order valence-corrected chi connectivity index (χ0v) is 13.9. The molecule has 3 heteroatoms. The summed E-state index contributed by atoms with van der Waals surface area (Å²) in [4.78, 5) is 12.6. The lowest BCUT2D eigenvalue weighted by molar-refractivity contribution is 0.629. The molecule has 0 atom stereocenters. The van der Waals surface area contributed by atoms with Crippen molar-refractivity contribution in [1.29, 1.82) is 0 Å². The van der Waals surface area contributed by atoms with Gasteiger partial charge >= 0.3 is 0 Å². The fourth-order valence-corrected chi connectivity index (χ4v) is 2.57. The Hall–Kier alpha value is -1.87. The number of benzene rings is 1. The fraction of sp³-hybridized carbons (Fsp3) is 0.421. The van der Waals surface area contributed by atoms with Crippen LogP contribution in [0.4, 0.5) is 0 Å². The van der Waals surface area contributed by atoms with Gasteiger partial charge < -0.3 is 9.88 Å². The van der Waals surface area contributed by atoms with Gasteiger partial charge in [0, 0.05) is 18.7 Å². The molecule has 0 amide bonds. The number of rotatable bonds is 7. The van der Waals surface area contributed by atoms with Crippen molar-refractivity contribution < 1.29 is 0 Å². The average molecular weight is 298 g/mol. The molecule has 0 saturated heterocycles. The third-order valence-electron chi connectivity index (χ3n) is 3.94. The highest BCUT2D eigenvalue weighted by molar-refractivity contribution is 5.60. The van der Waals surface area contributed by atoms with Crippen molar-refractivity contribution >= 4 is 0 Å². The van der Waals surface area contributed by atoms with Gasteiger partial charge in [0.2, 0.25) is 0 Å². The third-order valence-corrected chi connectivity index (χ3v) is 3.94. The maximum atomic E-state index is 12.6. The molecule has 1 aromatic carbocycles. The van der Waals surface area contributed by atoms with E-state index in [2.05, 4.69) is 49.5 Å². The molecule has 0 fully saturated rings. The van der Waals surface area contributed by atoms with E-state index in [-0.39, 0.29) is 5.56 Å². The first-order valence-corrected chi connectivity index (χ1v) is 8.17. The predicted octanol–water partition coefficient (Wildman–Crippen LogP) is 3.73. The molecule has 0 bridgehead atoms. The first-order valence-electron chi connectivity index (χ1n) is 8.17. The van der Waals surface area contributed by atoms with Crippen LogP contribution < -0.4 is 10.9 Å². The number of unbranched alkanes of at least 4 members (excludes halogenated alkanes) is 1. The molecule has 1 heterocycles. The lowest BCUT2D eigenvalue weighted by Crippen LogP contribution is -2.28. The molecule has 3 nitrogen and oxygen atoms in total. The van der Waals surface area contributed by atoms with E-state index in [1.54, 1.807) is 0 Å². The molecule has 0 spiro atoms. The van der Waals surface area contributed by atoms with E-state index >= 15 is 0 Å². The molecule has 0 radical (unpaired) electrons. The zero-order chi connectivity index (χ0) is 15.9. The second-order valence-corrected chi connectivity index (χ2v) is 5.69. The Morgan fingerprint density at radius 3 is 2.41 bits per heavy atom. The smallest absolute Gasteiger partial charge is 0.255 e. The van der Waals surface area contributed by atoms with E-state index in [0.29, 0.717) is 13.1 Å². The Kier molecular flexibility index (Phi) is 5.96. The summed E-state index contributed by atoms with van der Waals surface area (Å²) in [7, 11) is 0. The van der Waals surface area contributed by atoms with Gasteiger partial charge in [-0.15, -0.1) is 0 Å². The van der Waals surface area contributed by atoms with Gasteiger partial charge in [0.25, 0.3) is 5.56 Å². The molecule has 0 aliphatic carbocycles. The lowest BCUT2D eigenvalue weighted by Gasteiger charge is -2.14. The van der Waals surface area contributed by atoms with Crippen LogP contribution in [0.3, 0.4) is 0 Å². The van der Waals surface area contributed by atoms with Crippen LogP contribution in [0.25, 0.3) is 11.3 Å². The minimum absolute atomic E-state index is 0.115. The molecule has 2 rings (SSSR count). The van der Waals surface area contributed by atoms with Gasteiger partial charge in [0.05, 0.1) is 5.69 Å². The SMILES string of the molecule is CCCCNCc1ccc(-c2ccc(C)cc2)n(CC)c1=O. The Balaban J connectivity index is 2.28. The predicted molar refractivity (Wildman–Crippen MR) is 93.2 cm³/mol. The summed E-state index contributed by atoms with van der Waals surface area (Å²) in [5.74, 6) is 0. The first-order chi connectivity index (χ1) is 10.7. The van der Waals surface area contributed by atoms with E-state index in [4.69, 9.17) is 0 Å². The highest BCUT2D eigenvalue weighted by atomic mass is 16.1. The molecular weight excluding hydrogens is 272 g/mol. The Morgan fingerprint density at radius 1 is 1.05 bits per heavy atom. The van der Waals surface area contributed by atoms with E-state index in [1.807, 2.05) is 17.6 Å². The molecule has 0 aliphatic rings. The van der Waals surface area contributed by atoms with Gasteiger partial charge in [-0.2, -0.15) is 0 Å². The summed E-state index contributed by atoms with van der Waals surface area (Å²) in [6, 6.07) is 12.3. The van der Waals surface area contributed by atoms with Gasteiger partial charge in [-0.05, 0) is 38.4 Å². The second kappa shape index (κ2) is 7.95. The number of pyridine rings is 1. The van der Waals surface area contributed by atoms with Gasteiger partial charge in [-0.1, -0.05) is 49.2 Å². The third kappa shape index (κ3) is 3.86. The van der Waals surface area contributed by atoms with Gasteiger partial charge in [-0.25, -0.2) is 0 Å². The summed E-state index contributed by atoms with van der Waals surface area (Å²) in [5.41, 5.74) is 4.27. The van der Waals surface area contributed by atoms with Crippen LogP contribution in [-0.2, 0) is 13.1 Å². The summed E-state index contributed by atoms with van der Waals surface area (Å²) in [6.07, 6.45) is 2.31. The minimum atomic E-state index is 0.115. The number of nitrogens with one attached hydrogen (secondary N) is 1. The van der Waals surface area contributed by atoms with E-state index in [9.17, 15) is 4.79 Å². The molecule has 1 aromatic heterocycles. The second-order valence-electron chi connectivity index (χ2n) is 5.69. The Labute approximate surface area is 133 Å². The molecule has 1 N–H and O–H groups in total. The van der Waals surface area contributed by atoms with E-state index < -0.39 is 0 Å². The van der Waals surface area contributed by atoms with Crippen molar-refractivity contribution in [2.75, 3.05) is 6.54 Å². The van der Waals surface area contributed by atoms with Crippen molar-refractivity contribution in [2.45, 2.75) is 46.7 Å². The Morgan fingerprint density at radius 2 is 1.77 bits per heavy atom. The van der Waals surface area contributed by atoms with Crippen LogP contribution in [0, 0.1) is 6.92 Å². The summed E-state index contributed by atoms with van der Waals surface area (Å²) in [5, 5.41) is 3.35. The summed E-state index contributed by atoms with van der Waals surface area (Å²) in [6.45, 7) is 8.55. The number of aromatic nitrogens is 1. The van der Waals surface area contributed by atoms with Crippen molar-refractivity contribution in [3.63, 3.8) is 0 Å². The first kappa shape index (κ1) is 16.5. The summed E-state index contributed by atoms with van der Waals surface area (Å²) < 4.78 is 1.86. The van der Waals surface area contributed by atoms with Crippen LogP contribution in [-0.4, -0.2) is 11.1 Å². The Bertz CT molecular complexity index is 656. The number of hydrogen-bond acceptors (Lipinski definition) is 2. The van der Waals surface area contributed by atoms with Gasteiger partial charge in [-0.3, -0.25) is 4.79 Å². The van der Waals surface area contributed by atoms with E-state index in [1.165, 1.54) is 12.0 Å². The lowest BCUT2D eigenvalue weighted by atomic mass is 10.1. The quantitative estimate of drug-likeness (QED) is 0.790. The fourth-order valence-electron chi connectivity index (χ4n) is 2.57. The monoisotopic (exact) mass is 298 g/mol. The van der Waals surface area contributed by atoms with Crippen LogP contribution in [0.2, 0.25) is 0 Å². The highest BCUT2D eigenvalue weighted by Crippen LogP contribution is 2.19. The maximum Gasteiger partial charge on any atom is 0.255 e. The van der Waals surface area contributed by atoms with Gasteiger partial charge in [0.15, 0.2) is 0 Å². The average Bonchev–Trinajstić information content (AvgIpc) is 2.53. The number of aryl methyl sites for hydroxylation is 1. The van der Waals surface area contributed by atoms with Crippen LogP contribution in [0.1, 0.15) is 37.8 Å². The topological polar surface area (TPSA) is 34.0 Å². The maximum absolute atomic E-state index is 12.6. The molecule has 0 saturated carbocycles. The molecular formula is C19H26N2O. The normalized spacial score (nSPS) is 10.9. The van der Waals surface area contributed by atoms with Crippen molar-refractivity contribution in [2.24, 2.45) is 0 Å². The molecule has 0 aliphatic heterocycles. The molecule has 0 unspecified atom stereocenters. The van der Waals surface area contributed by atoms with E-state index in [0.717, 1.165) is 29.8 Å². The number of hydrogen-bond donors (Lipinski definition) is 1. The molecule has 118 valence electrons. The molecule has 22 heavy (non-hydrogen) atoms. The largest absolute Gasteiger partial charge is 0.312 e. The standard InChI is InChI=1S/C19H26N2O/c1-4-6-13-20-14-17-11-12-18(21(5-2)19(17)22)16-9-7-15(3)8-10-16/h7-12,20H,4-6,13-14H2,1-3H3. The van der Waals surface area contributed by atoms with Crippen LogP contribution >= 0.6 is 0 Å². The summed E-state index contributed by atoms with van der Waals surface area (Å²) >= 11 is 0. The van der Waals surface area contributed by atoms with Gasteiger partial charge in [0.1, 0.15) is 0 Å². The van der Waals surface area contributed by atoms with Crippen molar-refractivity contribution in [1.82, 2.24) is 9.88 Å². The molecule has 2 aromatic rings. The van der Waals surface area contributed by atoms with Crippen LogP contribution in [0.15, 0.2) is 41.2 Å². The van der Waals surface area contributed by atoms with Crippen LogP contribution in [0.5, 0.6) is 0 Å².